The Labute approximate surface area is 134 Å². The van der Waals surface area contributed by atoms with E-state index in [2.05, 4.69) is 21.1 Å². The SMILES string of the molecule is Nc1nc2c(C3CCCCC3)c(-c3cccnc3)cc(N)n2n1. The van der Waals surface area contributed by atoms with Crippen molar-refractivity contribution in [3.63, 3.8) is 0 Å². The van der Waals surface area contributed by atoms with Gasteiger partial charge in [-0.2, -0.15) is 9.50 Å². The van der Waals surface area contributed by atoms with E-state index in [-0.39, 0.29) is 5.95 Å². The maximum atomic E-state index is 6.19. The van der Waals surface area contributed by atoms with Gasteiger partial charge in [0.05, 0.1) is 0 Å². The predicted octanol–water partition coefficient (Wildman–Crippen LogP) is 3.00. The van der Waals surface area contributed by atoms with Crippen LogP contribution in [0.5, 0.6) is 0 Å². The molecule has 4 rings (SSSR count). The van der Waals surface area contributed by atoms with Gasteiger partial charge in [-0.05, 0) is 36.5 Å². The highest BCUT2D eigenvalue weighted by Gasteiger charge is 2.25. The minimum atomic E-state index is 0.261. The van der Waals surface area contributed by atoms with Crippen molar-refractivity contribution in [2.45, 2.75) is 38.0 Å². The van der Waals surface area contributed by atoms with Gasteiger partial charge >= 0.3 is 0 Å². The van der Waals surface area contributed by atoms with E-state index >= 15 is 0 Å². The van der Waals surface area contributed by atoms with Crippen molar-refractivity contribution in [1.29, 1.82) is 0 Å². The number of nitrogens with zero attached hydrogens (tertiary/aromatic N) is 4. The van der Waals surface area contributed by atoms with Crippen LogP contribution >= 0.6 is 0 Å². The zero-order chi connectivity index (χ0) is 15.8. The second-order valence-corrected chi connectivity index (χ2v) is 6.18. The van der Waals surface area contributed by atoms with E-state index in [1.165, 1.54) is 37.7 Å². The Morgan fingerprint density at radius 3 is 2.70 bits per heavy atom. The molecule has 1 fully saturated rings. The van der Waals surface area contributed by atoms with Crippen LogP contribution in [0.1, 0.15) is 43.6 Å². The van der Waals surface area contributed by atoms with Crippen LogP contribution in [-0.2, 0) is 0 Å². The molecule has 1 saturated carbocycles. The highest BCUT2D eigenvalue weighted by Crippen LogP contribution is 2.40. The second-order valence-electron chi connectivity index (χ2n) is 6.18. The van der Waals surface area contributed by atoms with Gasteiger partial charge in [-0.1, -0.05) is 25.3 Å². The number of nitrogen functional groups attached to an aromatic ring is 2. The molecule has 0 aromatic carbocycles. The summed E-state index contributed by atoms with van der Waals surface area (Å²) in [5.41, 5.74) is 16.2. The van der Waals surface area contributed by atoms with E-state index in [1.807, 2.05) is 18.3 Å². The molecular weight excluding hydrogens is 288 g/mol. The molecule has 3 aromatic rings. The van der Waals surface area contributed by atoms with Gasteiger partial charge in [0.1, 0.15) is 5.82 Å². The van der Waals surface area contributed by atoms with Crippen LogP contribution in [0.15, 0.2) is 30.6 Å². The van der Waals surface area contributed by atoms with Crippen molar-refractivity contribution < 1.29 is 0 Å². The molecule has 1 aliphatic rings. The number of fused-ring (bicyclic) bond motifs is 1. The van der Waals surface area contributed by atoms with Crippen LogP contribution in [0.3, 0.4) is 0 Å². The Balaban J connectivity index is 2.00. The zero-order valence-electron chi connectivity index (χ0n) is 12.9. The standard InChI is InChI=1S/C17H20N6/c18-14-9-13(12-7-4-8-20-10-12)15(11-5-2-1-3-6-11)16-21-17(19)22-23(14)16/h4,7-11H,1-3,5-6,18H2,(H2,19,22). The van der Waals surface area contributed by atoms with Gasteiger partial charge < -0.3 is 11.5 Å². The van der Waals surface area contributed by atoms with Crippen molar-refractivity contribution in [3.05, 3.63) is 36.2 Å². The number of pyridine rings is 2. The highest BCUT2D eigenvalue weighted by molar-refractivity contribution is 5.77. The molecule has 118 valence electrons. The normalized spacial score (nSPS) is 16.0. The van der Waals surface area contributed by atoms with E-state index in [9.17, 15) is 0 Å². The van der Waals surface area contributed by atoms with E-state index in [1.54, 1.807) is 10.7 Å². The Morgan fingerprint density at radius 1 is 1.13 bits per heavy atom. The van der Waals surface area contributed by atoms with Crippen molar-refractivity contribution in [2.24, 2.45) is 0 Å². The fraction of sp³-hybridized carbons (Fsp3) is 0.353. The lowest BCUT2D eigenvalue weighted by molar-refractivity contribution is 0.445. The molecule has 6 heteroatoms. The van der Waals surface area contributed by atoms with Crippen LogP contribution in [0, 0.1) is 0 Å². The molecule has 4 N–H and O–H groups in total. The topological polar surface area (TPSA) is 95.1 Å². The number of aromatic nitrogens is 4. The maximum Gasteiger partial charge on any atom is 0.240 e. The third-order valence-corrected chi connectivity index (χ3v) is 4.68. The first-order valence-electron chi connectivity index (χ1n) is 8.09. The lowest BCUT2D eigenvalue weighted by Crippen LogP contribution is -2.10. The Morgan fingerprint density at radius 2 is 1.96 bits per heavy atom. The van der Waals surface area contributed by atoms with Gasteiger partial charge in [-0.3, -0.25) is 4.98 Å². The predicted molar refractivity (Wildman–Crippen MR) is 90.9 cm³/mol. The summed E-state index contributed by atoms with van der Waals surface area (Å²) in [5, 5.41) is 4.25. The third kappa shape index (κ3) is 2.40. The molecule has 0 spiro atoms. The molecule has 3 aromatic heterocycles. The molecular formula is C17H20N6. The first kappa shape index (κ1) is 14.0. The first-order chi connectivity index (χ1) is 11.2. The fourth-order valence-corrected chi connectivity index (χ4v) is 3.64. The lowest BCUT2D eigenvalue weighted by Gasteiger charge is -2.25. The number of hydrogen-bond acceptors (Lipinski definition) is 5. The number of hydrogen-bond donors (Lipinski definition) is 2. The van der Waals surface area contributed by atoms with E-state index in [0.717, 1.165) is 16.8 Å². The molecule has 1 aliphatic carbocycles. The summed E-state index contributed by atoms with van der Waals surface area (Å²) in [6.45, 7) is 0. The van der Waals surface area contributed by atoms with Gasteiger partial charge in [0, 0.05) is 23.5 Å². The van der Waals surface area contributed by atoms with Gasteiger partial charge in [-0.25, -0.2) is 0 Å². The van der Waals surface area contributed by atoms with E-state index in [0.29, 0.717) is 11.7 Å². The maximum absolute atomic E-state index is 6.19. The van der Waals surface area contributed by atoms with Crippen LogP contribution in [0.25, 0.3) is 16.8 Å². The lowest BCUT2D eigenvalue weighted by atomic mass is 9.81. The van der Waals surface area contributed by atoms with Crippen molar-refractivity contribution in [3.8, 4) is 11.1 Å². The molecule has 0 bridgehead atoms. The van der Waals surface area contributed by atoms with Gasteiger partial charge in [0.2, 0.25) is 5.95 Å². The van der Waals surface area contributed by atoms with Crippen molar-refractivity contribution in [2.75, 3.05) is 11.5 Å². The third-order valence-electron chi connectivity index (χ3n) is 4.68. The minimum Gasteiger partial charge on any atom is -0.384 e. The van der Waals surface area contributed by atoms with Crippen molar-refractivity contribution >= 4 is 17.4 Å². The number of anilines is 2. The summed E-state index contributed by atoms with van der Waals surface area (Å²) < 4.78 is 1.67. The van der Waals surface area contributed by atoms with Crippen LogP contribution in [-0.4, -0.2) is 19.6 Å². The molecule has 0 unspecified atom stereocenters. The van der Waals surface area contributed by atoms with Crippen LogP contribution < -0.4 is 11.5 Å². The Hall–Kier alpha value is -2.63. The summed E-state index contributed by atoms with van der Waals surface area (Å²) in [7, 11) is 0. The fourth-order valence-electron chi connectivity index (χ4n) is 3.64. The average molecular weight is 308 g/mol. The summed E-state index contributed by atoms with van der Waals surface area (Å²) in [4.78, 5) is 8.72. The molecule has 23 heavy (non-hydrogen) atoms. The summed E-state index contributed by atoms with van der Waals surface area (Å²) in [5.74, 6) is 1.27. The van der Waals surface area contributed by atoms with E-state index < -0.39 is 0 Å². The molecule has 0 saturated heterocycles. The van der Waals surface area contributed by atoms with Gasteiger partial charge in [0.25, 0.3) is 0 Å². The van der Waals surface area contributed by atoms with E-state index in [4.69, 9.17) is 11.5 Å². The average Bonchev–Trinajstić information content (AvgIpc) is 2.98. The first-order valence-corrected chi connectivity index (χ1v) is 8.09. The molecule has 0 amide bonds. The van der Waals surface area contributed by atoms with Gasteiger partial charge in [0.15, 0.2) is 5.65 Å². The smallest absolute Gasteiger partial charge is 0.240 e. The Kier molecular flexibility index (Phi) is 3.37. The summed E-state index contributed by atoms with van der Waals surface area (Å²) in [6, 6.07) is 5.98. The van der Waals surface area contributed by atoms with Crippen molar-refractivity contribution in [1.82, 2.24) is 19.6 Å². The molecule has 0 atom stereocenters. The second kappa shape index (κ2) is 5.53. The number of nitrogens with two attached hydrogens (primary N) is 2. The largest absolute Gasteiger partial charge is 0.384 e. The van der Waals surface area contributed by atoms with Crippen LogP contribution in [0.2, 0.25) is 0 Å². The zero-order valence-corrected chi connectivity index (χ0v) is 12.9. The highest BCUT2D eigenvalue weighted by atomic mass is 15.3. The summed E-state index contributed by atoms with van der Waals surface area (Å²) >= 11 is 0. The molecule has 0 aliphatic heterocycles. The molecule has 3 heterocycles. The number of rotatable bonds is 2. The molecule has 6 nitrogen and oxygen atoms in total. The quantitative estimate of drug-likeness (QED) is 0.758. The van der Waals surface area contributed by atoms with Crippen LogP contribution in [0.4, 0.5) is 11.8 Å². The molecule has 0 radical (unpaired) electrons. The minimum absolute atomic E-state index is 0.261. The monoisotopic (exact) mass is 308 g/mol. The summed E-state index contributed by atoms with van der Waals surface area (Å²) in [6.07, 6.45) is 9.78. The Bertz CT molecular complexity index is 833. The van der Waals surface area contributed by atoms with Gasteiger partial charge in [-0.15, -0.1) is 5.10 Å².